The lowest BCUT2D eigenvalue weighted by Crippen LogP contribution is -2.42. The molecule has 136 valence electrons. The molecule has 0 radical (unpaired) electrons. The third kappa shape index (κ3) is 4.31. The predicted molar refractivity (Wildman–Crippen MR) is 104 cm³/mol. The number of hydrogen-bond acceptors (Lipinski definition) is 2. The van der Waals surface area contributed by atoms with Crippen molar-refractivity contribution in [2.45, 2.75) is 27.2 Å². The van der Waals surface area contributed by atoms with Crippen molar-refractivity contribution in [2.24, 2.45) is 11.8 Å². The molecule has 1 N–H and O–H groups in total. The van der Waals surface area contributed by atoms with Gasteiger partial charge in [0.15, 0.2) is 0 Å². The molecule has 2 amide bonds. The molecule has 0 aliphatic carbocycles. The molecule has 0 saturated carbocycles. The van der Waals surface area contributed by atoms with Gasteiger partial charge in [0, 0.05) is 29.9 Å². The second-order valence-electron chi connectivity index (χ2n) is 7.55. The average molecular weight is 350 g/mol. The SMILES string of the molecule is Cc1ccc(C(=O)Nc2ccc(C(=O)N3CC(C)CC(C)C3)cc2)cc1. The van der Waals surface area contributed by atoms with Gasteiger partial charge in [0.2, 0.25) is 0 Å². The van der Waals surface area contributed by atoms with E-state index in [1.54, 1.807) is 36.4 Å². The van der Waals surface area contributed by atoms with Gasteiger partial charge in [0.05, 0.1) is 0 Å². The zero-order valence-electron chi connectivity index (χ0n) is 15.7. The topological polar surface area (TPSA) is 49.4 Å². The van der Waals surface area contributed by atoms with Crippen LogP contribution in [0.4, 0.5) is 5.69 Å². The first-order valence-corrected chi connectivity index (χ1v) is 9.19. The zero-order valence-corrected chi connectivity index (χ0v) is 15.7. The van der Waals surface area contributed by atoms with Crippen LogP contribution in [0.3, 0.4) is 0 Å². The molecule has 1 saturated heterocycles. The van der Waals surface area contributed by atoms with Gasteiger partial charge >= 0.3 is 0 Å². The smallest absolute Gasteiger partial charge is 0.255 e. The maximum absolute atomic E-state index is 12.7. The molecule has 2 unspecified atom stereocenters. The van der Waals surface area contributed by atoms with E-state index in [1.807, 2.05) is 24.0 Å². The fraction of sp³-hybridized carbons (Fsp3) is 0.364. The first-order valence-electron chi connectivity index (χ1n) is 9.19. The highest BCUT2D eigenvalue weighted by molar-refractivity contribution is 6.04. The van der Waals surface area contributed by atoms with Crippen LogP contribution >= 0.6 is 0 Å². The molecule has 1 aliphatic heterocycles. The first kappa shape index (κ1) is 18.2. The summed E-state index contributed by atoms with van der Waals surface area (Å²) < 4.78 is 0. The number of rotatable bonds is 3. The maximum Gasteiger partial charge on any atom is 0.255 e. The van der Waals surface area contributed by atoms with Crippen molar-refractivity contribution < 1.29 is 9.59 Å². The van der Waals surface area contributed by atoms with Crippen LogP contribution in [-0.2, 0) is 0 Å². The molecule has 0 aromatic heterocycles. The van der Waals surface area contributed by atoms with E-state index in [1.165, 1.54) is 6.42 Å². The summed E-state index contributed by atoms with van der Waals surface area (Å²) in [6, 6.07) is 14.6. The Hall–Kier alpha value is -2.62. The Bertz CT molecular complexity index is 771. The van der Waals surface area contributed by atoms with Crippen LogP contribution in [-0.4, -0.2) is 29.8 Å². The van der Waals surface area contributed by atoms with Crippen molar-refractivity contribution in [2.75, 3.05) is 18.4 Å². The molecule has 4 nitrogen and oxygen atoms in total. The lowest BCUT2D eigenvalue weighted by atomic mass is 9.91. The summed E-state index contributed by atoms with van der Waals surface area (Å²) in [5.74, 6) is 0.995. The molecule has 2 aromatic rings. The fourth-order valence-electron chi connectivity index (χ4n) is 3.62. The molecule has 2 atom stereocenters. The van der Waals surface area contributed by atoms with Gasteiger partial charge in [0.25, 0.3) is 11.8 Å². The molecule has 2 aromatic carbocycles. The molecule has 0 spiro atoms. The van der Waals surface area contributed by atoms with Gasteiger partial charge < -0.3 is 10.2 Å². The molecule has 1 aliphatic rings. The number of aryl methyl sites for hydroxylation is 1. The van der Waals surface area contributed by atoms with Crippen LogP contribution in [0.1, 0.15) is 46.5 Å². The van der Waals surface area contributed by atoms with E-state index >= 15 is 0 Å². The van der Waals surface area contributed by atoms with Gasteiger partial charge in [-0.25, -0.2) is 0 Å². The summed E-state index contributed by atoms with van der Waals surface area (Å²) in [6.07, 6.45) is 1.17. The fourth-order valence-corrected chi connectivity index (χ4v) is 3.62. The van der Waals surface area contributed by atoms with E-state index in [9.17, 15) is 9.59 Å². The highest BCUT2D eigenvalue weighted by atomic mass is 16.2. The molecular weight excluding hydrogens is 324 g/mol. The van der Waals surface area contributed by atoms with Crippen molar-refractivity contribution >= 4 is 17.5 Å². The Morgan fingerprint density at radius 1 is 0.885 bits per heavy atom. The molecular formula is C22H26N2O2. The first-order chi connectivity index (χ1) is 12.4. The monoisotopic (exact) mass is 350 g/mol. The van der Waals surface area contributed by atoms with E-state index in [4.69, 9.17) is 0 Å². The average Bonchev–Trinajstić information content (AvgIpc) is 2.61. The van der Waals surface area contributed by atoms with E-state index in [0.717, 1.165) is 18.7 Å². The van der Waals surface area contributed by atoms with Crippen LogP contribution in [0.15, 0.2) is 48.5 Å². The van der Waals surface area contributed by atoms with E-state index in [-0.39, 0.29) is 11.8 Å². The van der Waals surface area contributed by atoms with Crippen molar-refractivity contribution in [3.8, 4) is 0 Å². The van der Waals surface area contributed by atoms with E-state index in [0.29, 0.717) is 28.7 Å². The minimum atomic E-state index is -0.150. The quantitative estimate of drug-likeness (QED) is 0.894. The Labute approximate surface area is 155 Å². The molecule has 3 rings (SSSR count). The Morgan fingerprint density at radius 2 is 1.42 bits per heavy atom. The molecule has 26 heavy (non-hydrogen) atoms. The summed E-state index contributed by atoms with van der Waals surface area (Å²) in [7, 11) is 0. The molecule has 4 heteroatoms. The minimum Gasteiger partial charge on any atom is -0.338 e. The lowest BCUT2D eigenvalue weighted by Gasteiger charge is -2.35. The number of carbonyl (C=O) groups excluding carboxylic acids is 2. The molecule has 0 bridgehead atoms. The van der Waals surface area contributed by atoms with Gasteiger partial charge in [-0.3, -0.25) is 9.59 Å². The van der Waals surface area contributed by atoms with Crippen LogP contribution in [0.5, 0.6) is 0 Å². The number of hydrogen-bond donors (Lipinski definition) is 1. The van der Waals surface area contributed by atoms with Crippen molar-refractivity contribution in [3.05, 3.63) is 65.2 Å². The minimum absolute atomic E-state index is 0.0693. The third-order valence-electron chi connectivity index (χ3n) is 4.86. The molecule has 1 fully saturated rings. The Morgan fingerprint density at radius 3 is 2.00 bits per heavy atom. The summed E-state index contributed by atoms with van der Waals surface area (Å²) >= 11 is 0. The highest BCUT2D eigenvalue weighted by Crippen LogP contribution is 2.23. The maximum atomic E-state index is 12.7. The van der Waals surface area contributed by atoms with Crippen molar-refractivity contribution in [1.29, 1.82) is 0 Å². The number of nitrogens with one attached hydrogen (secondary N) is 1. The Kier molecular flexibility index (Phi) is 5.40. The van der Waals surface area contributed by atoms with Gasteiger partial charge in [-0.15, -0.1) is 0 Å². The second kappa shape index (κ2) is 7.73. The lowest BCUT2D eigenvalue weighted by molar-refractivity contribution is 0.0623. The number of benzene rings is 2. The van der Waals surface area contributed by atoms with Gasteiger partial charge in [-0.1, -0.05) is 31.5 Å². The predicted octanol–water partition coefficient (Wildman–Crippen LogP) is 4.37. The summed E-state index contributed by atoms with van der Waals surface area (Å²) in [6.45, 7) is 8.00. The Balaban J connectivity index is 1.65. The molecule has 1 heterocycles. The standard InChI is InChI=1S/C22H26N2O2/c1-15-4-6-18(7-5-15)21(25)23-20-10-8-19(9-11-20)22(26)24-13-16(2)12-17(3)14-24/h4-11,16-17H,12-14H2,1-3H3,(H,23,25). The number of amides is 2. The normalized spacial score (nSPS) is 19.9. The number of piperidine rings is 1. The van der Waals surface area contributed by atoms with E-state index in [2.05, 4.69) is 19.2 Å². The van der Waals surface area contributed by atoms with Crippen molar-refractivity contribution in [3.63, 3.8) is 0 Å². The van der Waals surface area contributed by atoms with Gasteiger partial charge in [0.1, 0.15) is 0 Å². The van der Waals surface area contributed by atoms with Gasteiger partial charge in [-0.05, 0) is 61.6 Å². The zero-order chi connectivity index (χ0) is 18.7. The van der Waals surface area contributed by atoms with Crippen molar-refractivity contribution in [1.82, 2.24) is 4.90 Å². The number of carbonyl (C=O) groups is 2. The summed E-state index contributed by atoms with van der Waals surface area (Å²) in [5.41, 5.74) is 3.09. The van der Waals surface area contributed by atoms with Crippen LogP contribution in [0.2, 0.25) is 0 Å². The van der Waals surface area contributed by atoms with Crippen LogP contribution < -0.4 is 5.32 Å². The largest absolute Gasteiger partial charge is 0.338 e. The van der Waals surface area contributed by atoms with Crippen LogP contribution in [0, 0.1) is 18.8 Å². The van der Waals surface area contributed by atoms with Gasteiger partial charge in [-0.2, -0.15) is 0 Å². The van der Waals surface area contributed by atoms with Crippen LogP contribution in [0.25, 0.3) is 0 Å². The summed E-state index contributed by atoms with van der Waals surface area (Å²) in [4.78, 5) is 26.9. The summed E-state index contributed by atoms with van der Waals surface area (Å²) in [5, 5.41) is 2.87. The third-order valence-corrected chi connectivity index (χ3v) is 4.86. The highest BCUT2D eigenvalue weighted by Gasteiger charge is 2.26. The van der Waals surface area contributed by atoms with E-state index < -0.39 is 0 Å². The number of likely N-dealkylation sites (tertiary alicyclic amines) is 1. The second-order valence-corrected chi connectivity index (χ2v) is 7.55. The number of anilines is 1. The number of nitrogens with zero attached hydrogens (tertiary/aromatic N) is 1.